The van der Waals surface area contributed by atoms with Crippen molar-refractivity contribution in [3.8, 4) is 0 Å². The summed E-state index contributed by atoms with van der Waals surface area (Å²) < 4.78 is 4.84. The molecule has 1 aromatic carbocycles. The highest BCUT2D eigenvalue weighted by atomic mass is 16.6. The number of hydrogen-bond donors (Lipinski definition) is 2. The summed E-state index contributed by atoms with van der Waals surface area (Å²) in [5.74, 6) is -0.387. The Labute approximate surface area is 141 Å². The van der Waals surface area contributed by atoms with Gasteiger partial charge in [0, 0.05) is 33.0 Å². The summed E-state index contributed by atoms with van der Waals surface area (Å²) in [6.45, 7) is 3.20. The van der Waals surface area contributed by atoms with Crippen LogP contribution in [-0.4, -0.2) is 50.4 Å². The van der Waals surface area contributed by atoms with Gasteiger partial charge < -0.3 is 20.2 Å². The molecule has 2 amide bonds. The van der Waals surface area contributed by atoms with Crippen molar-refractivity contribution in [1.29, 1.82) is 0 Å². The highest BCUT2D eigenvalue weighted by Crippen LogP contribution is 2.17. The number of rotatable bonds is 8. The minimum Gasteiger partial charge on any atom is -0.383 e. The maximum absolute atomic E-state index is 12.1. The molecule has 1 aromatic rings. The molecule has 7 heteroatoms. The fourth-order valence-electron chi connectivity index (χ4n) is 2.23. The lowest BCUT2D eigenvalue weighted by Gasteiger charge is -2.09. The van der Waals surface area contributed by atoms with E-state index >= 15 is 0 Å². The van der Waals surface area contributed by atoms with Crippen LogP contribution < -0.4 is 10.6 Å². The van der Waals surface area contributed by atoms with Gasteiger partial charge in [0.1, 0.15) is 0 Å². The van der Waals surface area contributed by atoms with Gasteiger partial charge in [-0.1, -0.05) is 35.0 Å². The van der Waals surface area contributed by atoms with E-state index in [1.54, 1.807) is 7.11 Å². The first kappa shape index (κ1) is 17.9. The van der Waals surface area contributed by atoms with Gasteiger partial charge >= 0.3 is 0 Å². The van der Waals surface area contributed by atoms with Gasteiger partial charge in [-0.2, -0.15) is 0 Å². The molecule has 0 saturated carbocycles. The van der Waals surface area contributed by atoms with Crippen molar-refractivity contribution in [3.05, 3.63) is 35.4 Å². The number of carbonyl (C=O) groups excluding carboxylic acids is 2. The predicted molar refractivity (Wildman–Crippen MR) is 89.7 cm³/mol. The van der Waals surface area contributed by atoms with Crippen LogP contribution in [0.1, 0.15) is 24.0 Å². The van der Waals surface area contributed by atoms with Gasteiger partial charge in [0.2, 0.25) is 12.0 Å². The third-order valence-corrected chi connectivity index (χ3v) is 3.63. The molecular formula is C17H23N3O4. The Kier molecular flexibility index (Phi) is 6.74. The molecule has 1 aliphatic rings. The molecule has 0 saturated heterocycles. The standard InChI is InChI=1S/C17H23N3O4/c1-12-3-5-13(6-4-12)14-11-15(24-20-14)17(22)19-8-7-16(21)18-9-10-23-2/h3-6,15H,7-11H2,1-2H3,(H,18,21)(H,19,22). The zero-order valence-electron chi connectivity index (χ0n) is 14.0. The second-order valence-electron chi connectivity index (χ2n) is 5.59. The zero-order valence-corrected chi connectivity index (χ0v) is 14.0. The van der Waals surface area contributed by atoms with Crippen molar-refractivity contribution >= 4 is 17.5 Å². The molecule has 7 nitrogen and oxygen atoms in total. The average molecular weight is 333 g/mol. The molecule has 1 atom stereocenters. The largest absolute Gasteiger partial charge is 0.383 e. The first-order valence-electron chi connectivity index (χ1n) is 7.93. The van der Waals surface area contributed by atoms with E-state index in [9.17, 15) is 9.59 Å². The Hall–Kier alpha value is -2.41. The minimum absolute atomic E-state index is 0.128. The first-order valence-corrected chi connectivity index (χ1v) is 7.93. The third kappa shape index (κ3) is 5.34. The van der Waals surface area contributed by atoms with Gasteiger partial charge in [0.05, 0.1) is 12.3 Å². The topological polar surface area (TPSA) is 89.0 Å². The smallest absolute Gasteiger partial charge is 0.264 e. The summed E-state index contributed by atoms with van der Waals surface area (Å²) in [5.41, 5.74) is 2.87. The number of carbonyl (C=O) groups is 2. The Morgan fingerprint density at radius 2 is 2.00 bits per heavy atom. The van der Waals surface area contributed by atoms with Crippen LogP contribution in [0.25, 0.3) is 0 Å². The van der Waals surface area contributed by atoms with Crippen LogP contribution in [0.4, 0.5) is 0 Å². The van der Waals surface area contributed by atoms with E-state index in [1.807, 2.05) is 31.2 Å². The van der Waals surface area contributed by atoms with Gasteiger partial charge in [-0.05, 0) is 12.5 Å². The van der Waals surface area contributed by atoms with E-state index in [2.05, 4.69) is 15.8 Å². The Balaban J connectivity index is 1.69. The number of nitrogens with zero attached hydrogens (tertiary/aromatic N) is 1. The monoisotopic (exact) mass is 333 g/mol. The predicted octanol–water partition coefficient (Wildman–Crippen LogP) is 0.757. The molecule has 0 fully saturated rings. The van der Waals surface area contributed by atoms with Crippen LogP contribution >= 0.6 is 0 Å². The van der Waals surface area contributed by atoms with Gasteiger partial charge in [0.15, 0.2) is 0 Å². The first-order chi connectivity index (χ1) is 11.6. The molecule has 1 unspecified atom stereocenters. The van der Waals surface area contributed by atoms with Gasteiger partial charge in [-0.25, -0.2) is 0 Å². The Bertz CT molecular complexity index is 598. The number of benzene rings is 1. The Morgan fingerprint density at radius 1 is 1.25 bits per heavy atom. The summed E-state index contributed by atoms with van der Waals surface area (Å²) in [6.07, 6.45) is 0.000773. The van der Waals surface area contributed by atoms with Crippen molar-refractivity contribution in [2.75, 3.05) is 26.8 Å². The van der Waals surface area contributed by atoms with Crippen molar-refractivity contribution in [2.24, 2.45) is 5.16 Å². The molecule has 0 aromatic heterocycles. The molecule has 0 radical (unpaired) electrons. The fourth-order valence-corrected chi connectivity index (χ4v) is 2.23. The van der Waals surface area contributed by atoms with Crippen LogP contribution in [0, 0.1) is 6.92 Å². The number of ether oxygens (including phenoxy) is 1. The normalized spacial score (nSPS) is 16.2. The molecule has 24 heavy (non-hydrogen) atoms. The highest BCUT2D eigenvalue weighted by Gasteiger charge is 2.28. The number of oxime groups is 1. The number of hydrogen-bond acceptors (Lipinski definition) is 5. The van der Waals surface area contributed by atoms with E-state index in [0.29, 0.717) is 19.6 Å². The molecule has 1 heterocycles. The van der Waals surface area contributed by atoms with E-state index < -0.39 is 6.10 Å². The van der Waals surface area contributed by atoms with E-state index in [-0.39, 0.29) is 24.8 Å². The van der Waals surface area contributed by atoms with Crippen LogP contribution in [0.2, 0.25) is 0 Å². The molecule has 2 rings (SSSR count). The second-order valence-corrected chi connectivity index (χ2v) is 5.59. The molecule has 2 N–H and O–H groups in total. The third-order valence-electron chi connectivity index (χ3n) is 3.63. The molecule has 0 bridgehead atoms. The highest BCUT2D eigenvalue weighted by molar-refractivity contribution is 6.04. The maximum atomic E-state index is 12.1. The lowest BCUT2D eigenvalue weighted by atomic mass is 10.0. The van der Waals surface area contributed by atoms with Gasteiger partial charge in [0.25, 0.3) is 5.91 Å². The van der Waals surface area contributed by atoms with Gasteiger partial charge in [-0.15, -0.1) is 0 Å². The molecular weight excluding hydrogens is 310 g/mol. The summed E-state index contributed by atoms with van der Waals surface area (Å²) in [6, 6.07) is 7.91. The van der Waals surface area contributed by atoms with Crippen molar-refractivity contribution in [3.63, 3.8) is 0 Å². The lowest BCUT2D eigenvalue weighted by Crippen LogP contribution is -2.37. The van der Waals surface area contributed by atoms with Crippen molar-refractivity contribution in [1.82, 2.24) is 10.6 Å². The zero-order chi connectivity index (χ0) is 17.4. The van der Waals surface area contributed by atoms with E-state index in [0.717, 1.165) is 16.8 Å². The second kappa shape index (κ2) is 9.02. The van der Waals surface area contributed by atoms with E-state index in [1.165, 1.54) is 0 Å². The van der Waals surface area contributed by atoms with Crippen molar-refractivity contribution in [2.45, 2.75) is 25.9 Å². The Morgan fingerprint density at radius 3 is 2.71 bits per heavy atom. The lowest BCUT2D eigenvalue weighted by molar-refractivity contribution is -0.131. The summed E-state index contributed by atoms with van der Waals surface area (Å²) in [7, 11) is 1.57. The van der Waals surface area contributed by atoms with Crippen LogP contribution in [0.5, 0.6) is 0 Å². The summed E-state index contributed by atoms with van der Waals surface area (Å²) in [5, 5.41) is 9.38. The van der Waals surface area contributed by atoms with Gasteiger partial charge in [-0.3, -0.25) is 9.59 Å². The molecule has 130 valence electrons. The van der Waals surface area contributed by atoms with Crippen LogP contribution in [-0.2, 0) is 19.2 Å². The van der Waals surface area contributed by atoms with Crippen molar-refractivity contribution < 1.29 is 19.2 Å². The van der Waals surface area contributed by atoms with Crippen LogP contribution in [0.15, 0.2) is 29.4 Å². The quantitative estimate of drug-likeness (QED) is 0.687. The maximum Gasteiger partial charge on any atom is 0.264 e. The summed E-state index contributed by atoms with van der Waals surface area (Å²) in [4.78, 5) is 28.8. The molecule has 0 spiro atoms. The number of methoxy groups -OCH3 is 1. The number of nitrogens with one attached hydrogen (secondary N) is 2. The summed E-state index contributed by atoms with van der Waals surface area (Å²) >= 11 is 0. The molecule has 1 aliphatic heterocycles. The average Bonchev–Trinajstić information content (AvgIpc) is 3.06. The fraction of sp³-hybridized carbons (Fsp3) is 0.471. The molecule has 0 aliphatic carbocycles. The SMILES string of the molecule is COCCNC(=O)CCNC(=O)C1CC(c2ccc(C)cc2)=NO1. The minimum atomic E-state index is -0.641. The van der Waals surface area contributed by atoms with E-state index in [4.69, 9.17) is 9.57 Å². The van der Waals surface area contributed by atoms with Crippen LogP contribution in [0.3, 0.4) is 0 Å². The number of amides is 2. The number of aryl methyl sites for hydroxylation is 1.